The van der Waals surface area contributed by atoms with E-state index in [0.29, 0.717) is 0 Å². The van der Waals surface area contributed by atoms with Gasteiger partial charge >= 0.3 is 0 Å². The highest BCUT2D eigenvalue weighted by atomic mass is 32.4. The molecule has 0 radical (unpaired) electrons. The lowest BCUT2D eigenvalue weighted by Crippen LogP contribution is -2.21. The van der Waals surface area contributed by atoms with Crippen molar-refractivity contribution in [3.8, 4) is 0 Å². The Balaban J connectivity index is 2.04. The van der Waals surface area contributed by atoms with Crippen LogP contribution in [0, 0.1) is 0 Å². The maximum absolute atomic E-state index is 6.66. The molecule has 0 aliphatic carbocycles. The van der Waals surface area contributed by atoms with Crippen LogP contribution in [0.5, 0.6) is 0 Å². The van der Waals surface area contributed by atoms with Crippen LogP contribution < -0.4 is 21.2 Å². The zero-order valence-electron chi connectivity index (χ0n) is 19.8. The zero-order valence-corrected chi connectivity index (χ0v) is 22.4. The lowest BCUT2D eigenvalue weighted by atomic mass is 10.2. The van der Waals surface area contributed by atoms with Crippen molar-refractivity contribution in [1.82, 2.24) is 0 Å². The van der Waals surface area contributed by atoms with Crippen molar-refractivity contribution in [2.75, 3.05) is 6.16 Å². The van der Waals surface area contributed by atoms with Crippen LogP contribution in [0.15, 0.2) is 126 Å². The molecule has 0 aliphatic rings. The number of unbranched alkanes of at least 4 members (excludes halogenated alkanes) is 3. The topological polar surface area (TPSA) is 12.4 Å². The van der Waals surface area contributed by atoms with Gasteiger partial charge in [0.25, 0.3) is 0 Å². The Morgan fingerprint density at radius 1 is 0.529 bits per heavy atom. The van der Waals surface area contributed by atoms with Gasteiger partial charge in [0.1, 0.15) is 6.19 Å². The quantitative estimate of drug-likeness (QED) is 0.162. The van der Waals surface area contributed by atoms with Crippen molar-refractivity contribution in [2.24, 2.45) is 4.52 Å². The average molecular weight is 502 g/mol. The lowest BCUT2D eigenvalue weighted by Gasteiger charge is -2.31. The van der Waals surface area contributed by atoms with Crippen molar-refractivity contribution >= 4 is 46.3 Å². The number of nitrogens with zero attached hydrogens (tertiary/aromatic N) is 1. The maximum Gasteiger partial charge on any atom is 0.111 e. The highest BCUT2D eigenvalue weighted by Gasteiger charge is 2.30. The third kappa shape index (κ3) is 5.52. The summed E-state index contributed by atoms with van der Waals surface area (Å²) in [4.78, 5) is 0. The molecule has 0 heterocycles. The third-order valence-corrected chi connectivity index (χ3v) is 15.6. The first-order chi connectivity index (χ1) is 16.7. The van der Waals surface area contributed by atoms with Gasteiger partial charge in [-0.1, -0.05) is 159 Å². The van der Waals surface area contributed by atoms with Crippen LogP contribution in [0.2, 0.25) is 0 Å². The molecule has 0 fully saturated rings. The average Bonchev–Trinajstić information content (AvgIpc) is 2.92. The van der Waals surface area contributed by atoms with Crippen LogP contribution in [0.4, 0.5) is 0 Å². The largest absolute Gasteiger partial charge is 0.253 e. The first-order valence-electron chi connectivity index (χ1n) is 12.1. The van der Waals surface area contributed by atoms with E-state index in [9.17, 15) is 0 Å². The summed E-state index contributed by atoms with van der Waals surface area (Å²) in [5.74, 6) is 0. The molecule has 4 rings (SSSR count). The minimum atomic E-state index is -2.42. The molecule has 1 nitrogen and oxygen atoms in total. The standard InChI is InChI=1S/C30H33NP2S/c1-2-3-4-17-26-32(27-18-9-5-10-19-27,28-20-11-6-12-21-28)31-33(34,29-22-13-7-14-23-29)30-24-15-8-16-25-30/h5-16,18-25H,2-4,17,26H2,1H3. The second-order valence-corrected chi connectivity index (χ2v) is 16.1. The minimum Gasteiger partial charge on any atom is -0.253 e. The molecule has 4 aromatic rings. The summed E-state index contributed by atoms with van der Waals surface area (Å²) < 4.78 is 5.96. The number of benzene rings is 4. The Bertz CT molecular complexity index is 1170. The van der Waals surface area contributed by atoms with Gasteiger partial charge in [-0.15, -0.1) is 0 Å². The van der Waals surface area contributed by atoms with E-state index < -0.39 is 13.2 Å². The molecule has 34 heavy (non-hydrogen) atoms. The predicted octanol–water partition coefficient (Wildman–Crippen LogP) is 7.46. The fourth-order valence-corrected chi connectivity index (χ4v) is 14.3. The molecular weight excluding hydrogens is 468 g/mol. The molecule has 0 saturated carbocycles. The molecule has 0 aromatic heterocycles. The van der Waals surface area contributed by atoms with Crippen LogP contribution in [0.3, 0.4) is 0 Å². The van der Waals surface area contributed by atoms with Crippen LogP contribution in [-0.4, -0.2) is 6.16 Å². The molecule has 0 amide bonds. The highest BCUT2D eigenvalue weighted by molar-refractivity contribution is 8.22. The molecule has 0 N–H and O–H groups in total. The van der Waals surface area contributed by atoms with E-state index in [-0.39, 0.29) is 0 Å². The van der Waals surface area contributed by atoms with Crippen molar-refractivity contribution in [3.05, 3.63) is 121 Å². The van der Waals surface area contributed by atoms with Crippen molar-refractivity contribution in [2.45, 2.75) is 32.6 Å². The molecule has 0 saturated heterocycles. The van der Waals surface area contributed by atoms with Crippen molar-refractivity contribution in [1.29, 1.82) is 0 Å². The summed E-state index contributed by atoms with van der Waals surface area (Å²) >= 11 is 6.66. The number of rotatable bonds is 10. The van der Waals surface area contributed by atoms with Gasteiger partial charge in [-0.25, -0.2) is 0 Å². The van der Waals surface area contributed by atoms with E-state index in [4.69, 9.17) is 16.3 Å². The van der Waals surface area contributed by atoms with Crippen LogP contribution >= 0.6 is 13.2 Å². The van der Waals surface area contributed by atoms with Crippen molar-refractivity contribution < 1.29 is 0 Å². The number of hydrogen-bond acceptors (Lipinski definition) is 1. The first-order valence-corrected chi connectivity index (χ1v) is 16.8. The summed E-state index contributed by atoms with van der Waals surface area (Å²) in [5.41, 5.74) is 0. The van der Waals surface area contributed by atoms with Gasteiger partial charge in [-0.05, 0) is 23.2 Å². The second kappa shape index (κ2) is 11.9. The molecule has 0 aliphatic heterocycles. The van der Waals surface area contributed by atoms with Crippen LogP contribution in [0.25, 0.3) is 0 Å². The third-order valence-electron chi connectivity index (χ3n) is 6.19. The Morgan fingerprint density at radius 2 is 0.912 bits per heavy atom. The fourth-order valence-electron chi connectivity index (χ4n) is 4.40. The Hall–Kier alpha value is -2.24. The monoisotopic (exact) mass is 501 g/mol. The van der Waals surface area contributed by atoms with E-state index in [2.05, 4.69) is 128 Å². The smallest absolute Gasteiger partial charge is 0.111 e. The summed E-state index contributed by atoms with van der Waals surface area (Å²) in [6, 6.07) is 43.2. The van der Waals surface area contributed by atoms with E-state index in [1.54, 1.807) is 0 Å². The van der Waals surface area contributed by atoms with Gasteiger partial charge < -0.3 is 0 Å². The maximum atomic E-state index is 6.66. The van der Waals surface area contributed by atoms with Gasteiger partial charge in [0.05, 0.1) is 0 Å². The molecule has 0 spiro atoms. The Labute approximate surface area is 210 Å². The summed E-state index contributed by atoms with van der Waals surface area (Å²) in [6.45, 7) is 2.27. The second-order valence-electron chi connectivity index (χ2n) is 8.56. The zero-order chi connectivity index (χ0) is 23.7. The van der Waals surface area contributed by atoms with E-state index in [1.807, 2.05) is 0 Å². The molecular formula is C30H33NP2S. The van der Waals surface area contributed by atoms with Gasteiger partial charge in [0, 0.05) is 17.7 Å². The molecule has 174 valence electrons. The summed E-state index contributed by atoms with van der Waals surface area (Å²) in [6.07, 6.45) is 3.51. The summed E-state index contributed by atoms with van der Waals surface area (Å²) in [5, 5.41) is 5.00. The SMILES string of the molecule is CCCCCCP(=NP(=S)(c1ccccc1)c1ccccc1)(c1ccccc1)c1ccccc1. The molecule has 4 aromatic carbocycles. The lowest BCUT2D eigenvalue weighted by molar-refractivity contribution is 0.705. The van der Waals surface area contributed by atoms with Crippen molar-refractivity contribution in [3.63, 3.8) is 0 Å². The van der Waals surface area contributed by atoms with Crippen LogP contribution in [0.1, 0.15) is 32.6 Å². The van der Waals surface area contributed by atoms with E-state index in [1.165, 1.54) is 40.5 Å². The van der Waals surface area contributed by atoms with Gasteiger partial charge in [0.2, 0.25) is 0 Å². The fraction of sp³-hybridized carbons (Fsp3) is 0.200. The molecule has 0 unspecified atom stereocenters. The predicted molar refractivity (Wildman–Crippen MR) is 157 cm³/mol. The Morgan fingerprint density at radius 3 is 1.29 bits per heavy atom. The Kier molecular flexibility index (Phi) is 8.74. The van der Waals surface area contributed by atoms with Gasteiger partial charge in [-0.2, -0.15) is 0 Å². The van der Waals surface area contributed by atoms with Crippen LogP contribution in [-0.2, 0) is 11.8 Å². The molecule has 4 heteroatoms. The first kappa shape index (κ1) is 24.9. The molecule has 0 bridgehead atoms. The molecule has 0 atom stereocenters. The normalized spacial score (nSPS) is 11.8. The van der Waals surface area contributed by atoms with Gasteiger partial charge in [0.15, 0.2) is 0 Å². The minimum absolute atomic E-state index is 1.05. The summed E-state index contributed by atoms with van der Waals surface area (Å²) in [7, 11) is -2.12. The van der Waals surface area contributed by atoms with E-state index in [0.717, 1.165) is 12.6 Å². The number of hydrogen-bond donors (Lipinski definition) is 0. The van der Waals surface area contributed by atoms with Gasteiger partial charge in [-0.3, -0.25) is 4.52 Å². The van der Waals surface area contributed by atoms with E-state index >= 15 is 0 Å². The highest BCUT2D eigenvalue weighted by Crippen LogP contribution is 2.60.